The van der Waals surface area contributed by atoms with Crippen molar-refractivity contribution in [3.05, 3.63) is 57.3 Å². The van der Waals surface area contributed by atoms with Crippen LogP contribution < -0.4 is 0 Å². The number of esters is 2. The Hall–Kier alpha value is -2.40. The Morgan fingerprint density at radius 3 is 2.29 bits per heavy atom. The number of benzene rings is 1. The second-order valence-corrected chi connectivity index (χ2v) is 5.00. The molecular weight excluding hydrogens is 288 g/mol. The highest BCUT2D eigenvalue weighted by Gasteiger charge is 2.23. The minimum atomic E-state index is -0.552. The van der Waals surface area contributed by atoms with Crippen molar-refractivity contribution in [2.24, 2.45) is 0 Å². The predicted octanol–water partition coefficient (Wildman–Crippen LogP) is 3.49. The fourth-order valence-corrected chi connectivity index (χ4v) is 2.74. The Labute approximate surface area is 126 Å². The number of carbonyl (C=O) groups is 2. The highest BCUT2D eigenvalue weighted by molar-refractivity contribution is 7.12. The summed E-state index contributed by atoms with van der Waals surface area (Å²) in [6.45, 7) is 0. The zero-order chi connectivity index (χ0) is 15.2. The van der Waals surface area contributed by atoms with Crippen LogP contribution in [0, 0.1) is 0 Å². The maximum atomic E-state index is 11.9. The average molecular weight is 302 g/mol. The van der Waals surface area contributed by atoms with E-state index in [0.29, 0.717) is 5.56 Å². The molecule has 0 bridgehead atoms. The van der Waals surface area contributed by atoms with E-state index in [1.165, 1.54) is 14.2 Å². The highest BCUT2D eigenvalue weighted by atomic mass is 32.1. The Kier molecular flexibility index (Phi) is 4.90. The largest absolute Gasteiger partial charge is 0.465 e. The molecule has 4 nitrogen and oxygen atoms in total. The van der Waals surface area contributed by atoms with Crippen LogP contribution in [0.1, 0.15) is 31.2 Å². The summed E-state index contributed by atoms with van der Waals surface area (Å²) in [5.74, 6) is -1.09. The van der Waals surface area contributed by atoms with Gasteiger partial charge in [0.05, 0.1) is 19.8 Å². The molecule has 1 heterocycles. The molecular formula is C16H14O4S. The third kappa shape index (κ3) is 3.38. The van der Waals surface area contributed by atoms with Crippen molar-refractivity contribution in [2.75, 3.05) is 14.2 Å². The SMILES string of the molecule is COC(=O)c1scc(/C=C/c2ccccc2)c1C(=O)OC. The fourth-order valence-electron chi connectivity index (χ4n) is 1.80. The lowest BCUT2D eigenvalue weighted by Gasteiger charge is -2.02. The van der Waals surface area contributed by atoms with Crippen molar-refractivity contribution < 1.29 is 19.1 Å². The lowest BCUT2D eigenvalue weighted by Crippen LogP contribution is -2.09. The molecule has 21 heavy (non-hydrogen) atoms. The van der Waals surface area contributed by atoms with E-state index in [-0.39, 0.29) is 10.4 Å². The van der Waals surface area contributed by atoms with Gasteiger partial charge in [-0.2, -0.15) is 0 Å². The Morgan fingerprint density at radius 2 is 1.67 bits per heavy atom. The molecule has 2 rings (SSSR count). The van der Waals surface area contributed by atoms with Gasteiger partial charge in [-0.3, -0.25) is 0 Å². The Morgan fingerprint density at radius 1 is 1.00 bits per heavy atom. The second kappa shape index (κ2) is 6.85. The summed E-state index contributed by atoms with van der Waals surface area (Å²) >= 11 is 1.16. The number of methoxy groups -OCH3 is 2. The number of carbonyl (C=O) groups excluding carboxylic acids is 2. The van der Waals surface area contributed by atoms with E-state index in [0.717, 1.165) is 16.9 Å². The third-order valence-corrected chi connectivity index (χ3v) is 3.81. The lowest BCUT2D eigenvalue weighted by molar-refractivity contribution is 0.0560. The quantitative estimate of drug-likeness (QED) is 0.811. The van der Waals surface area contributed by atoms with Crippen LogP contribution in [0.25, 0.3) is 12.2 Å². The first kappa shape index (κ1) is 15.0. The molecule has 1 aromatic heterocycles. The van der Waals surface area contributed by atoms with Gasteiger partial charge in [-0.15, -0.1) is 11.3 Å². The number of hydrogen-bond donors (Lipinski definition) is 0. The van der Waals surface area contributed by atoms with Crippen molar-refractivity contribution >= 4 is 35.4 Å². The van der Waals surface area contributed by atoms with E-state index in [4.69, 9.17) is 4.74 Å². The van der Waals surface area contributed by atoms with Gasteiger partial charge in [-0.1, -0.05) is 42.5 Å². The molecule has 2 aromatic rings. The molecule has 0 N–H and O–H groups in total. The standard InChI is InChI=1S/C16H14O4S/c1-19-15(17)13-12(10-21-14(13)16(18)20-2)9-8-11-6-4-3-5-7-11/h3-10H,1-2H3/b9-8+. The van der Waals surface area contributed by atoms with Gasteiger partial charge in [0.25, 0.3) is 0 Å². The van der Waals surface area contributed by atoms with Gasteiger partial charge in [0.2, 0.25) is 0 Å². The van der Waals surface area contributed by atoms with Crippen LogP contribution in [0.15, 0.2) is 35.7 Å². The minimum absolute atomic E-state index is 0.238. The molecule has 0 saturated heterocycles. The highest BCUT2D eigenvalue weighted by Crippen LogP contribution is 2.26. The Bertz CT molecular complexity index is 671. The fraction of sp³-hybridized carbons (Fsp3) is 0.125. The van der Waals surface area contributed by atoms with E-state index < -0.39 is 11.9 Å². The maximum Gasteiger partial charge on any atom is 0.348 e. The molecule has 0 saturated carbocycles. The summed E-state index contributed by atoms with van der Waals surface area (Å²) in [4.78, 5) is 23.8. The van der Waals surface area contributed by atoms with Crippen molar-refractivity contribution in [1.82, 2.24) is 0 Å². The van der Waals surface area contributed by atoms with Crippen LogP contribution in [-0.4, -0.2) is 26.2 Å². The van der Waals surface area contributed by atoms with Gasteiger partial charge in [0.1, 0.15) is 4.88 Å². The summed E-state index contributed by atoms with van der Waals surface area (Å²) in [6.07, 6.45) is 3.65. The molecule has 0 aliphatic rings. The van der Waals surface area contributed by atoms with E-state index >= 15 is 0 Å². The summed E-state index contributed by atoms with van der Waals surface area (Å²) in [5.41, 5.74) is 1.87. The second-order valence-electron chi connectivity index (χ2n) is 4.12. The number of rotatable bonds is 4. The molecule has 5 heteroatoms. The minimum Gasteiger partial charge on any atom is -0.465 e. The van der Waals surface area contributed by atoms with Gasteiger partial charge in [-0.25, -0.2) is 9.59 Å². The molecule has 0 radical (unpaired) electrons. The molecule has 0 atom stereocenters. The predicted molar refractivity (Wildman–Crippen MR) is 82.4 cm³/mol. The van der Waals surface area contributed by atoms with Crippen LogP contribution in [0.5, 0.6) is 0 Å². The lowest BCUT2D eigenvalue weighted by atomic mass is 10.1. The van der Waals surface area contributed by atoms with Gasteiger partial charge in [-0.05, 0) is 10.9 Å². The van der Waals surface area contributed by atoms with Gasteiger partial charge >= 0.3 is 11.9 Å². The molecule has 0 aliphatic carbocycles. The molecule has 108 valence electrons. The number of hydrogen-bond acceptors (Lipinski definition) is 5. The topological polar surface area (TPSA) is 52.6 Å². The average Bonchev–Trinajstić information content (AvgIpc) is 2.96. The van der Waals surface area contributed by atoms with Crippen LogP contribution >= 0.6 is 11.3 Å². The molecule has 0 fully saturated rings. The number of thiophene rings is 1. The van der Waals surface area contributed by atoms with Gasteiger partial charge < -0.3 is 9.47 Å². The first-order valence-electron chi connectivity index (χ1n) is 6.18. The van der Waals surface area contributed by atoms with E-state index in [9.17, 15) is 9.59 Å². The first-order valence-corrected chi connectivity index (χ1v) is 7.06. The Balaban J connectivity index is 2.40. The zero-order valence-electron chi connectivity index (χ0n) is 11.7. The van der Waals surface area contributed by atoms with Crippen LogP contribution in [-0.2, 0) is 9.47 Å². The summed E-state index contributed by atoms with van der Waals surface area (Å²) in [7, 11) is 2.56. The number of ether oxygens (including phenoxy) is 2. The van der Waals surface area contributed by atoms with Crippen LogP contribution in [0.4, 0.5) is 0 Å². The molecule has 1 aromatic carbocycles. The van der Waals surface area contributed by atoms with Crippen molar-refractivity contribution in [3.8, 4) is 0 Å². The normalized spacial score (nSPS) is 10.6. The molecule has 0 aliphatic heterocycles. The zero-order valence-corrected chi connectivity index (χ0v) is 12.5. The first-order chi connectivity index (χ1) is 10.2. The van der Waals surface area contributed by atoms with E-state index in [2.05, 4.69) is 4.74 Å². The maximum absolute atomic E-state index is 11.9. The van der Waals surface area contributed by atoms with Crippen molar-refractivity contribution in [3.63, 3.8) is 0 Å². The molecule has 0 unspecified atom stereocenters. The molecule has 0 amide bonds. The summed E-state index contributed by atoms with van der Waals surface area (Å²) in [6, 6.07) is 9.67. The van der Waals surface area contributed by atoms with Crippen molar-refractivity contribution in [2.45, 2.75) is 0 Å². The van der Waals surface area contributed by atoms with E-state index in [1.807, 2.05) is 36.4 Å². The summed E-state index contributed by atoms with van der Waals surface area (Å²) < 4.78 is 9.44. The molecule has 0 spiro atoms. The van der Waals surface area contributed by atoms with Gasteiger partial charge in [0, 0.05) is 5.56 Å². The van der Waals surface area contributed by atoms with Gasteiger partial charge in [0.15, 0.2) is 0 Å². The van der Waals surface area contributed by atoms with E-state index in [1.54, 1.807) is 11.5 Å². The summed E-state index contributed by atoms with van der Waals surface area (Å²) in [5, 5.41) is 1.73. The van der Waals surface area contributed by atoms with Crippen LogP contribution in [0.3, 0.4) is 0 Å². The monoisotopic (exact) mass is 302 g/mol. The van der Waals surface area contributed by atoms with Crippen LogP contribution in [0.2, 0.25) is 0 Å². The third-order valence-electron chi connectivity index (χ3n) is 2.83. The van der Waals surface area contributed by atoms with Crippen molar-refractivity contribution in [1.29, 1.82) is 0 Å². The smallest absolute Gasteiger partial charge is 0.348 e.